The fourth-order valence-corrected chi connectivity index (χ4v) is 2.76. The molecule has 2 nitrogen and oxygen atoms in total. The van der Waals surface area contributed by atoms with Crippen LogP contribution in [0.3, 0.4) is 0 Å². The van der Waals surface area contributed by atoms with Gasteiger partial charge >= 0.3 is 0 Å². The number of hydrogen-bond acceptors (Lipinski definition) is 3. The summed E-state index contributed by atoms with van der Waals surface area (Å²) in [6, 6.07) is 4.31. The van der Waals surface area contributed by atoms with E-state index in [1.807, 2.05) is 14.0 Å². The van der Waals surface area contributed by atoms with Crippen molar-refractivity contribution in [3.05, 3.63) is 20.8 Å². The van der Waals surface area contributed by atoms with Crippen LogP contribution in [-0.2, 0) is 6.54 Å². The lowest BCUT2D eigenvalue weighted by molar-refractivity contribution is 0.307. The van der Waals surface area contributed by atoms with Gasteiger partial charge in [-0.25, -0.2) is 0 Å². The predicted molar refractivity (Wildman–Crippen MR) is 69.7 cm³/mol. The van der Waals surface area contributed by atoms with Crippen molar-refractivity contribution in [3.8, 4) is 0 Å². The summed E-state index contributed by atoms with van der Waals surface area (Å²) >= 11 is 10.1. The van der Waals surface area contributed by atoms with Crippen molar-refractivity contribution >= 4 is 44.5 Å². The molecule has 0 aromatic carbocycles. The molecule has 0 aliphatic rings. The fourth-order valence-electron chi connectivity index (χ4n) is 1.04. The first-order chi connectivity index (χ1) is 6.50. The second-order valence-corrected chi connectivity index (χ2v) is 6.22. The molecule has 0 aliphatic heterocycles. The summed E-state index contributed by atoms with van der Waals surface area (Å²) < 4.78 is 1.16. The summed E-state index contributed by atoms with van der Waals surface area (Å²) in [6.07, 6.45) is 0. The third-order valence-electron chi connectivity index (χ3n) is 2.11. The van der Waals surface area contributed by atoms with Crippen molar-refractivity contribution in [3.63, 3.8) is 0 Å². The zero-order chi connectivity index (χ0) is 10.7. The lowest BCUT2D eigenvalue weighted by Gasteiger charge is -2.22. The van der Waals surface area contributed by atoms with Crippen molar-refractivity contribution in [1.29, 1.82) is 0 Å². The fraction of sp³-hybridized carbons (Fsp3) is 0.444. The highest BCUT2D eigenvalue weighted by molar-refractivity contribution is 9.11. The van der Waals surface area contributed by atoms with Gasteiger partial charge in [0.15, 0.2) is 0 Å². The van der Waals surface area contributed by atoms with Crippen LogP contribution >= 0.6 is 39.5 Å². The minimum absolute atomic E-state index is 0.144. The normalized spacial score (nSPS) is 13.1. The van der Waals surface area contributed by atoms with E-state index in [2.05, 4.69) is 33.0 Å². The third-order valence-corrected chi connectivity index (χ3v) is 4.06. The van der Waals surface area contributed by atoms with E-state index in [4.69, 9.17) is 18.0 Å². The van der Waals surface area contributed by atoms with Gasteiger partial charge in [-0.3, -0.25) is 4.90 Å². The zero-order valence-corrected chi connectivity index (χ0v) is 11.4. The highest BCUT2D eigenvalue weighted by Crippen LogP contribution is 2.23. The molecule has 78 valence electrons. The molecule has 2 N–H and O–H groups in total. The van der Waals surface area contributed by atoms with Gasteiger partial charge in [0, 0.05) is 11.4 Å². The molecule has 0 amide bonds. The largest absolute Gasteiger partial charge is 0.392 e. The summed E-state index contributed by atoms with van der Waals surface area (Å²) in [5, 5.41) is 0. The molecule has 1 atom stereocenters. The maximum Gasteiger partial charge on any atom is 0.0899 e. The van der Waals surface area contributed by atoms with E-state index in [0.29, 0.717) is 4.99 Å². The van der Waals surface area contributed by atoms with Crippen LogP contribution in [-0.4, -0.2) is 23.0 Å². The molecule has 5 heteroatoms. The van der Waals surface area contributed by atoms with Gasteiger partial charge < -0.3 is 5.73 Å². The lowest BCUT2D eigenvalue weighted by Crippen LogP contribution is -2.38. The van der Waals surface area contributed by atoms with E-state index < -0.39 is 0 Å². The van der Waals surface area contributed by atoms with E-state index in [1.165, 1.54) is 4.88 Å². The van der Waals surface area contributed by atoms with Crippen LogP contribution in [0.2, 0.25) is 0 Å². The first-order valence-corrected chi connectivity index (χ1v) is 6.26. The number of rotatable bonds is 4. The summed E-state index contributed by atoms with van der Waals surface area (Å²) in [6.45, 7) is 2.90. The average Bonchev–Trinajstić information content (AvgIpc) is 2.49. The number of likely N-dealkylation sites (N-methyl/N-ethyl adjacent to an activating group) is 1. The zero-order valence-electron chi connectivity index (χ0n) is 8.16. The van der Waals surface area contributed by atoms with E-state index in [-0.39, 0.29) is 6.04 Å². The van der Waals surface area contributed by atoms with Crippen LogP contribution in [0, 0.1) is 0 Å². The minimum atomic E-state index is 0.144. The van der Waals surface area contributed by atoms with E-state index in [9.17, 15) is 0 Å². The van der Waals surface area contributed by atoms with Gasteiger partial charge in [-0.05, 0) is 42.0 Å². The Kier molecular flexibility index (Phi) is 4.50. The topological polar surface area (TPSA) is 29.3 Å². The highest BCUT2D eigenvalue weighted by Gasteiger charge is 2.12. The van der Waals surface area contributed by atoms with Crippen LogP contribution in [0.1, 0.15) is 11.8 Å². The first kappa shape index (κ1) is 12.1. The lowest BCUT2D eigenvalue weighted by atomic mass is 10.3. The first-order valence-electron chi connectivity index (χ1n) is 4.24. The van der Waals surface area contributed by atoms with E-state index >= 15 is 0 Å². The summed E-state index contributed by atoms with van der Waals surface area (Å²) in [5.41, 5.74) is 5.58. The van der Waals surface area contributed by atoms with Crippen LogP contribution in [0.15, 0.2) is 15.9 Å². The number of halogens is 1. The molecule has 0 aliphatic carbocycles. The Bertz CT molecular complexity index is 324. The molecule has 0 fully saturated rings. The number of hydrogen-bond donors (Lipinski definition) is 1. The molecule has 0 radical (unpaired) electrons. The van der Waals surface area contributed by atoms with Gasteiger partial charge in [0.1, 0.15) is 0 Å². The molecular weight excluding hydrogens is 280 g/mol. The maximum atomic E-state index is 5.58. The van der Waals surface area contributed by atoms with Crippen molar-refractivity contribution in [2.24, 2.45) is 5.73 Å². The Morgan fingerprint density at radius 3 is 2.79 bits per heavy atom. The molecule has 1 aromatic rings. The van der Waals surface area contributed by atoms with Crippen molar-refractivity contribution in [2.75, 3.05) is 7.05 Å². The van der Waals surface area contributed by atoms with Gasteiger partial charge in [0.2, 0.25) is 0 Å². The second kappa shape index (κ2) is 5.21. The molecule has 0 bridgehead atoms. The van der Waals surface area contributed by atoms with Crippen molar-refractivity contribution in [2.45, 2.75) is 19.5 Å². The Labute approximate surface area is 102 Å². The standard InChI is InChI=1S/C9H13BrN2S2/c1-6(9(11)13)12(2)5-7-3-4-8(10)14-7/h3-4,6H,5H2,1-2H3,(H2,11,13). The van der Waals surface area contributed by atoms with Gasteiger partial charge in [-0.1, -0.05) is 12.2 Å². The van der Waals surface area contributed by atoms with Gasteiger partial charge in [-0.15, -0.1) is 11.3 Å². The van der Waals surface area contributed by atoms with Crippen LogP contribution < -0.4 is 5.73 Å². The molecule has 0 saturated carbocycles. The van der Waals surface area contributed by atoms with Gasteiger partial charge in [0.05, 0.1) is 14.8 Å². The predicted octanol–water partition coefficient (Wildman–Crippen LogP) is 2.62. The van der Waals surface area contributed by atoms with Crippen molar-refractivity contribution < 1.29 is 0 Å². The third kappa shape index (κ3) is 3.31. The van der Waals surface area contributed by atoms with Gasteiger partial charge in [-0.2, -0.15) is 0 Å². The maximum absolute atomic E-state index is 5.58. The smallest absolute Gasteiger partial charge is 0.0899 e. The average molecular weight is 293 g/mol. The highest BCUT2D eigenvalue weighted by atomic mass is 79.9. The van der Waals surface area contributed by atoms with Crippen LogP contribution in [0.5, 0.6) is 0 Å². The number of nitrogens with two attached hydrogens (primary N) is 1. The molecule has 0 spiro atoms. The molecule has 0 saturated heterocycles. The quantitative estimate of drug-likeness (QED) is 0.865. The van der Waals surface area contributed by atoms with E-state index in [0.717, 1.165) is 10.3 Å². The van der Waals surface area contributed by atoms with Crippen LogP contribution in [0.4, 0.5) is 0 Å². The van der Waals surface area contributed by atoms with Crippen LogP contribution in [0.25, 0.3) is 0 Å². The second-order valence-electron chi connectivity index (χ2n) is 3.20. The molecule has 1 unspecified atom stereocenters. The SMILES string of the molecule is CC(C(N)=S)N(C)Cc1ccc(Br)s1. The summed E-state index contributed by atoms with van der Waals surface area (Å²) in [4.78, 5) is 3.99. The number of thiophene rings is 1. The monoisotopic (exact) mass is 292 g/mol. The molecule has 1 heterocycles. The minimum Gasteiger partial charge on any atom is -0.392 e. The number of thiocarbonyl (C=S) groups is 1. The van der Waals surface area contributed by atoms with Gasteiger partial charge in [0.25, 0.3) is 0 Å². The Morgan fingerprint density at radius 1 is 1.71 bits per heavy atom. The molecule has 14 heavy (non-hydrogen) atoms. The summed E-state index contributed by atoms with van der Waals surface area (Å²) in [5.74, 6) is 0. The molecular formula is C9H13BrN2S2. The number of nitrogens with zero attached hydrogens (tertiary/aromatic N) is 1. The van der Waals surface area contributed by atoms with E-state index in [1.54, 1.807) is 11.3 Å². The molecule has 1 rings (SSSR count). The Hall–Kier alpha value is 0.0300. The Morgan fingerprint density at radius 2 is 2.36 bits per heavy atom. The van der Waals surface area contributed by atoms with Crippen molar-refractivity contribution in [1.82, 2.24) is 4.90 Å². The summed E-state index contributed by atoms with van der Waals surface area (Å²) in [7, 11) is 2.03. The Balaban J connectivity index is 2.56. The molecule has 1 aromatic heterocycles.